The Morgan fingerprint density at radius 1 is 1.11 bits per heavy atom. The molecule has 94 valence electrons. The lowest BCUT2D eigenvalue weighted by Crippen LogP contribution is -1.98. The second kappa shape index (κ2) is 5.53. The van der Waals surface area contributed by atoms with Crippen LogP contribution < -0.4 is 0 Å². The molecule has 0 saturated heterocycles. The number of aromatic hydroxyl groups is 2. The number of phenols is 2. The van der Waals surface area contributed by atoms with Crippen LogP contribution in [0.5, 0.6) is 11.5 Å². The number of hydrogen-bond donors (Lipinski definition) is 4. The highest BCUT2D eigenvalue weighted by Gasteiger charge is 2.10. The summed E-state index contributed by atoms with van der Waals surface area (Å²) in [6.07, 6.45) is 2.79. The molecule has 0 unspecified atom stereocenters. The van der Waals surface area contributed by atoms with Gasteiger partial charge >= 0.3 is 5.97 Å². The molecule has 1 rings (SSSR count). The Labute approximate surface area is 102 Å². The van der Waals surface area contributed by atoms with Gasteiger partial charge in [-0.25, -0.2) is 4.79 Å². The Morgan fingerprint density at radius 3 is 2.39 bits per heavy atom. The summed E-state index contributed by atoms with van der Waals surface area (Å²) in [7, 11) is 0. The second-order valence-electron chi connectivity index (χ2n) is 3.25. The molecule has 6 heteroatoms. The fourth-order valence-corrected chi connectivity index (χ4v) is 1.12. The molecular formula is C12H10O6. The van der Waals surface area contributed by atoms with E-state index in [1.165, 1.54) is 18.2 Å². The van der Waals surface area contributed by atoms with E-state index in [1.807, 2.05) is 0 Å². The van der Waals surface area contributed by atoms with Gasteiger partial charge in [0.15, 0.2) is 17.3 Å². The third-order valence-corrected chi connectivity index (χ3v) is 2.00. The molecule has 0 amide bonds. The van der Waals surface area contributed by atoms with Crippen molar-refractivity contribution >= 4 is 11.8 Å². The zero-order valence-electron chi connectivity index (χ0n) is 9.07. The molecule has 1 aromatic carbocycles. The van der Waals surface area contributed by atoms with Crippen molar-refractivity contribution in [2.75, 3.05) is 0 Å². The molecule has 0 fully saturated rings. The van der Waals surface area contributed by atoms with Crippen LogP contribution in [0.2, 0.25) is 0 Å². The Kier molecular flexibility index (Phi) is 4.09. The molecule has 1 aromatic rings. The number of para-hydroxylation sites is 1. The lowest BCUT2D eigenvalue weighted by atomic mass is 10.1. The van der Waals surface area contributed by atoms with Gasteiger partial charge in [-0.1, -0.05) is 12.1 Å². The van der Waals surface area contributed by atoms with E-state index in [-0.39, 0.29) is 5.56 Å². The van der Waals surface area contributed by atoms with Crippen molar-refractivity contribution in [1.29, 1.82) is 0 Å². The van der Waals surface area contributed by atoms with Crippen LogP contribution in [0.25, 0.3) is 0 Å². The maximum atomic E-state index is 11.6. The summed E-state index contributed by atoms with van der Waals surface area (Å²) in [6, 6.07) is 3.88. The fraction of sp³-hybridized carbons (Fsp3) is 0. The maximum absolute atomic E-state index is 11.6. The van der Waals surface area contributed by atoms with Gasteiger partial charge in [0, 0.05) is 0 Å². The Morgan fingerprint density at radius 2 is 1.78 bits per heavy atom. The van der Waals surface area contributed by atoms with Crippen molar-refractivity contribution < 1.29 is 30.0 Å². The van der Waals surface area contributed by atoms with Crippen molar-refractivity contribution in [2.45, 2.75) is 0 Å². The van der Waals surface area contributed by atoms with Gasteiger partial charge in [-0.2, -0.15) is 0 Å². The molecule has 0 spiro atoms. The summed E-state index contributed by atoms with van der Waals surface area (Å²) >= 11 is 0. The number of aliphatic carboxylic acids is 1. The summed E-state index contributed by atoms with van der Waals surface area (Å²) in [5.74, 6) is -4.07. The van der Waals surface area contributed by atoms with Gasteiger partial charge in [-0.05, 0) is 24.3 Å². The van der Waals surface area contributed by atoms with Gasteiger partial charge in [0.1, 0.15) is 0 Å². The number of carboxylic acids is 1. The Bertz CT molecular complexity index is 541. The van der Waals surface area contributed by atoms with E-state index < -0.39 is 29.0 Å². The number of ketones is 1. The summed E-state index contributed by atoms with van der Waals surface area (Å²) in [5, 5.41) is 35.7. The first kappa shape index (κ1) is 13.3. The SMILES string of the molecule is O=C(O)C(O)=CC=CC(=O)c1cccc(O)c1O. The number of benzene rings is 1. The summed E-state index contributed by atoms with van der Waals surface area (Å²) in [6.45, 7) is 0. The summed E-state index contributed by atoms with van der Waals surface area (Å²) in [4.78, 5) is 21.8. The minimum Gasteiger partial charge on any atom is -0.504 e. The molecule has 0 radical (unpaired) electrons. The van der Waals surface area contributed by atoms with E-state index in [0.717, 1.165) is 18.2 Å². The molecule has 6 nitrogen and oxygen atoms in total. The first-order valence-corrected chi connectivity index (χ1v) is 4.79. The molecule has 0 aliphatic rings. The quantitative estimate of drug-likeness (QED) is 0.211. The van der Waals surface area contributed by atoms with Crippen LogP contribution >= 0.6 is 0 Å². The van der Waals surface area contributed by atoms with Gasteiger partial charge in [-0.15, -0.1) is 0 Å². The van der Waals surface area contributed by atoms with Crippen molar-refractivity contribution in [3.8, 4) is 11.5 Å². The number of hydrogen-bond acceptors (Lipinski definition) is 5. The third kappa shape index (κ3) is 3.11. The predicted molar refractivity (Wildman–Crippen MR) is 61.6 cm³/mol. The third-order valence-electron chi connectivity index (χ3n) is 2.00. The van der Waals surface area contributed by atoms with E-state index in [4.69, 9.17) is 10.2 Å². The first-order chi connectivity index (χ1) is 8.43. The van der Waals surface area contributed by atoms with Crippen LogP contribution in [0, 0.1) is 0 Å². The van der Waals surface area contributed by atoms with Gasteiger partial charge in [-0.3, -0.25) is 4.79 Å². The van der Waals surface area contributed by atoms with Crippen molar-refractivity contribution in [3.05, 3.63) is 47.7 Å². The first-order valence-electron chi connectivity index (χ1n) is 4.79. The minimum absolute atomic E-state index is 0.130. The predicted octanol–water partition coefficient (Wildman–Crippen LogP) is 1.36. The van der Waals surface area contributed by atoms with Crippen LogP contribution in [-0.4, -0.2) is 32.2 Å². The molecule has 0 bridgehead atoms. The molecule has 18 heavy (non-hydrogen) atoms. The van der Waals surface area contributed by atoms with Crippen molar-refractivity contribution in [1.82, 2.24) is 0 Å². The van der Waals surface area contributed by atoms with Crippen molar-refractivity contribution in [3.63, 3.8) is 0 Å². The largest absolute Gasteiger partial charge is 0.504 e. The van der Waals surface area contributed by atoms with Crippen molar-refractivity contribution in [2.24, 2.45) is 0 Å². The van der Waals surface area contributed by atoms with E-state index in [0.29, 0.717) is 0 Å². The average molecular weight is 250 g/mol. The van der Waals surface area contributed by atoms with E-state index in [2.05, 4.69) is 0 Å². The lowest BCUT2D eigenvalue weighted by Gasteiger charge is -2.01. The lowest BCUT2D eigenvalue weighted by molar-refractivity contribution is -0.135. The minimum atomic E-state index is -1.52. The molecule has 0 heterocycles. The molecule has 0 saturated carbocycles. The molecule has 0 atom stereocenters. The number of aliphatic hydroxyl groups is 1. The number of carbonyl (C=O) groups is 2. The van der Waals surface area contributed by atoms with Crippen LogP contribution in [-0.2, 0) is 4.79 Å². The van der Waals surface area contributed by atoms with Crippen LogP contribution in [0.3, 0.4) is 0 Å². The molecule has 4 N–H and O–H groups in total. The van der Waals surface area contributed by atoms with Crippen LogP contribution in [0.15, 0.2) is 42.2 Å². The van der Waals surface area contributed by atoms with Gasteiger partial charge in [0.25, 0.3) is 0 Å². The monoisotopic (exact) mass is 250 g/mol. The maximum Gasteiger partial charge on any atom is 0.370 e. The van der Waals surface area contributed by atoms with Gasteiger partial charge in [0.2, 0.25) is 5.76 Å². The summed E-state index contributed by atoms with van der Waals surface area (Å²) in [5.41, 5.74) is -0.130. The van der Waals surface area contributed by atoms with Gasteiger partial charge in [0.05, 0.1) is 5.56 Å². The second-order valence-corrected chi connectivity index (χ2v) is 3.25. The zero-order chi connectivity index (χ0) is 13.7. The number of aliphatic hydroxyl groups excluding tert-OH is 1. The number of allylic oxidation sites excluding steroid dienone is 3. The zero-order valence-corrected chi connectivity index (χ0v) is 9.07. The Balaban J connectivity index is 2.90. The fourth-order valence-electron chi connectivity index (χ4n) is 1.12. The number of carboxylic acid groups (broad SMARTS) is 1. The highest BCUT2D eigenvalue weighted by molar-refractivity contribution is 6.07. The molecule has 0 aromatic heterocycles. The highest BCUT2D eigenvalue weighted by Crippen LogP contribution is 2.28. The average Bonchev–Trinajstić information content (AvgIpc) is 2.32. The molecule has 0 aliphatic carbocycles. The summed E-state index contributed by atoms with van der Waals surface area (Å²) < 4.78 is 0. The molecule has 0 aliphatic heterocycles. The van der Waals surface area contributed by atoms with E-state index >= 15 is 0 Å². The smallest absolute Gasteiger partial charge is 0.370 e. The number of rotatable bonds is 4. The van der Waals surface area contributed by atoms with Crippen LogP contribution in [0.1, 0.15) is 10.4 Å². The van der Waals surface area contributed by atoms with E-state index in [1.54, 1.807) is 0 Å². The topological polar surface area (TPSA) is 115 Å². The number of phenolic OH excluding ortho intramolecular Hbond substituents is 2. The number of carbonyl (C=O) groups excluding carboxylic acids is 1. The van der Waals surface area contributed by atoms with Crippen LogP contribution in [0.4, 0.5) is 0 Å². The van der Waals surface area contributed by atoms with E-state index in [9.17, 15) is 19.8 Å². The normalized spacial score (nSPS) is 11.7. The van der Waals surface area contributed by atoms with Gasteiger partial charge < -0.3 is 20.4 Å². The highest BCUT2D eigenvalue weighted by atomic mass is 16.4. The molecular weight excluding hydrogens is 240 g/mol. The Hall–Kier alpha value is -2.76. The standard InChI is InChI=1S/C12H10O6/c13-8(4-2-6-10(15)12(17)18)7-3-1-5-9(14)11(7)16/h1-6,14-16H,(H,17,18).